The molecule has 8 nitrogen and oxygen atoms in total. The molecule has 1 aliphatic heterocycles. The molecular weight excluding hydrogens is 494 g/mol. The number of hydrogen-bond donors (Lipinski definition) is 2. The van der Waals surface area contributed by atoms with Crippen molar-refractivity contribution in [2.75, 3.05) is 13.7 Å². The van der Waals surface area contributed by atoms with Gasteiger partial charge in [-0.05, 0) is 60.4 Å². The number of nitrogens with zero attached hydrogens (tertiary/aromatic N) is 2. The molecule has 0 saturated carbocycles. The SMILES string of the molecule is COc1cc(C2c3c(-c4cc(Cl)c(C)cc4O)n[nH]c3C(=O)N2Cc2ccco2)ccc1OCC(C)C. The van der Waals surface area contributed by atoms with Gasteiger partial charge in [-0.25, -0.2) is 0 Å². The van der Waals surface area contributed by atoms with Crippen LogP contribution in [0, 0.1) is 12.8 Å². The topological polar surface area (TPSA) is 101 Å². The minimum absolute atomic E-state index is 0.0295. The van der Waals surface area contributed by atoms with Gasteiger partial charge < -0.3 is 23.9 Å². The smallest absolute Gasteiger partial charge is 0.273 e. The number of methoxy groups -OCH3 is 1. The maximum absolute atomic E-state index is 13.6. The molecule has 1 unspecified atom stereocenters. The first-order valence-corrected chi connectivity index (χ1v) is 12.4. The van der Waals surface area contributed by atoms with Crippen LogP contribution in [0.3, 0.4) is 0 Å². The van der Waals surface area contributed by atoms with Crippen molar-refractivity contribution in [3.05, 3.63) is 81.9 Å². The van der Waals surface area contributed by atoms with E-state index in [1.165, 1.54) is 0 Å². The number of nitrogens with one attached hydrogen (secondary N) is 1. The number of aryl methyl sites for hydroxylation is 1. The second-order valence-corrected chi connectivity index (χ2v) is 9.92. The number of aromatic hydroxyl groups is 1. The number of carbonyl (C=O) groups is 1. The molecule has 1 atom stereocenters. The molecule has 37 heavy (non-hydrogen) atoms. The highest BCUT2D eigenvalue weighted by Gasteiger charge is 2.43. The highest BCUT2D eigenvalue weighted by Crippen LogP contribution is 2.47. The minimum Gasteiger partial charge on any atom is -0.507 e. The van der Waals surface area contributed by atoms with Crippen molar-refractivity contribution in [1.29, 1.82) is 0 Å². The van der Waals surface area contributed by atoms with Crippen molar-refractivity contribution in [3.8, 4) is 28.5 Å². The number of furan rings is 1. The van der Waals surface area contributed by atoms with E-state index in [1.807, 2.05) is 31.2 Å². The number of rotatable bonds is 8. The average molecular weight is 522 g/mol. The van der Waals surface area contributed by atoms with Crippen molar-refractivity contribution in [1.82, 2.24) is 15.1 Å². The number of phenolic OH excluding ortho intramolecular Hbond substituents is 1. The molecule has 192 valence electrons. The van der Waals surface area contributed by atoms with Gasteiger partial charge in [0.05, 0.1) is 32.6 Å². The zero-order valence-electron chi connectivity index (χ0n) is 21.0. The standard InChI is InChI=1S/C28H28ClN3O5/c1-15(2)14-37-22-8-7-17(11-23(22)35-4)27-24-25(19-12-20(29)16(3)10-21(19)33)30-31-26(24)28(34)32(27)13-18-6-5-9-36-18/h5-12,15,27,33H,13-14H2,1-4H3,(H,30,31). The lowest BCUT2D eigenvalue weighted by Crippen LogP contribution is -2.29. The molecular formula is C28H28ClN3O5. The third kappa shape index (κ3) is 4.53. The van der Waals surface area contributed by atoms with Crippen LogP contribution in [0.4, 0.5) is 0 Å². The minimum atomic E-state index is -0.533. The number of hydrogen-bond acceptors (Lipinski definition) is 6. The fourth-order valence-electron chi connectivity index (χ4n) is 4.57. The summed E-state index contributed by atoms with van der Waals surface area (Å²) in [7, 11) is 1.59. The van der Waals surface area contributed by atoms with Crippen LogP contribution in [-0.2, 0) is 6.54 Å². The molecule has 2 aromatic heterocycles. The number of ether oxygens (including phenoxy) is 2. The summed E-state index contributed by atoms with van der Waals surface area (Å²) >= 11 is 6.40. The lowest BCUT2D eigenvalue weighted by atomic mass is 9.95. The van der Waals surface area contributed by atoms with Crippen LogP contribution >= 0.6 is 11.6 Å². The summed E-state index contributed by atoms with van der Waals surface area (Å²) < 4.78 is 17.2. The van der Waals surface area contributed by atoms with Crippen molar-refractivity contribution in [3.63, 3.8) is 0 Å². The summed E-state index contributed by atoms with van der Waals surface area (Å²) in [4.78, 5) is 15.3. The van der Waals surface area contributed by atoms with Gasteiger partial charge in [-0.15, -0.1) is 0 Å². The molecule has 5 rings (SSSR count). The second-order valence-electron chi connectivity index (χ2n) is 9.51. The first-order chi connectivity index (χ1) is 17.8. The van der Waals surface area contributed by atoms with E-state index in [0.29, 0.717) is 57.3 Å². The second kappa shape index (κ2) is 9.86. The van der Waals surface area contributed by atoms with Gasteiger partial charge in [0.15, 0.2) is 11.5 Å². The molecule has 0 radical (unpaired) electrons. The Kier molecular flexibility index (Phi) is 6.60. The fourth-order valence-corrected chi connectivity index (χ4v) is 4.73. The maximum atomic E-state index is 13.6. The van der Waals surface area contributed by atoms with Crippen LogP contribution in [0.15, 0.2) is 53.1 Å². The third-order valence-corrected chi connectivity index (χ3v) is 6.78. The van der Waals surface area contributed by atoms with E-state index in [2.05, 4.69) is 24.0 Å². The molecule has 4 aromatic rings. The van der Waals surface area contributed by atoms with E-state index in [-0.39, 0.29) is 18.2 Å². The van der Waals surface area contributed by atoms with Crippen molar-refractivity contribution >= 4 is 17.5 Å². The van der Waals surface area contributed by atoms with Crippen LogP contribution < -0.4 is 9.47 Å². The summed E-state index contributed by atoms with van der Waals surface area (Å²) in [6.45, 7) is 6.75. The highest BCUT2D eigenvalue weighted by molar-refractivity contribution is 6.31. The van der Waals surface area contributed by atoms with E-state index in [4.69, 9.17) is 25.5 Å². The molecule has 0 fully saturated rings. The summed E-state index contributed by atoms with van der Waals surface area (Å²) in [5, 5.41) is 18.6. The molecule has 1 amide bonds. The molecule has 0 spiro atoms. The van der Waals surface area contributed by atoms with Crippen LogP contribution in [0.5, 0.6) is 17.2 Å². The molecule has 2 aromatic carbocycles. The molecule has 1 aliphatic rings. The lowest BCUT2D eigenvalue weighted by Gasteiger charge is -2.26. The van der Waals surface area contributed by atoms with Crippen molar-refractivity contribution in [2.45, 2.75) is 33.4 Å². The molecule has 3 heterocycles. The van der Waals surface area contributed by atoms with Crippen LogP contribution in [0.1, 0.15) is 52.8 Å². The number of phenols is 1. The van der Waals surface area contributed by atoms with Crippen LogP contribution in [0.25, 0.3) is 11.3 Å². The largest absolute Gasteiger partial charge is 0.507 e. The summed E-state index contributed by atoms with van der Waals surface area (Å²) in [5.41, 5.74) is 3.42. The number of H-pyrrole nitrogens is 1. The van der Waals surface area contributed by atoms with E-state index in [0.717, 1.165) is 11.1 Å². The number of benzene rings is 2. The predicted molar refractivity (Wildman–Crippen MR) is 139 cm³/mol. The Labute approximate surface area is 219 Å². The number of amides is 1. The van der Waals surface area contributed by atoms with Gasteiger partial charge in [-0.1, -0.05) is 31.5 Å². The molecule has 2 N–H and O–H groups in total. The summed E-state index contributed by atoms with van der Waals surface area (Å²) in [6, 6.07) is 12.0. The Morgan fingerprint density at radius 1 is 1.22 bits per heavy atom. The fraction of sp³-hybridized carbons (Fsp3) is 0.286. The van der Waals surface area contributed by atoms with Crippen LogP contribution in [-0.4, -0.2) is 39.8 Å². The number of fused-ring (bicyclic) bond motifs is 1. The maximum Gasteiger partial charge on any atom is 0.273 e. The number of halogens is 1. The number of aromatic nitrogens is 2. The molecule has 9 heteroatoms. The molecule has 0 aliphatic carbocycles. The third-order valence-electron chi connectivity index (χ3n) is 6.38. The summed E-state index contributed by atoms with van der Waals surface area (Å²) in [5.74, 6) is 1.98. The summed E-state index contributed by atoms with van der Waals surface area (Å²) in [6.07, 6.45) is 1.58. The van der Waals surface area contributed by atoms with E-state index in [9.17, 15) is 9.90 Å². The Balaban J connectivity index is 1.65. The highest BCUT2D eigenvalue weighted by atomic mass is 35.5. The van der Waals surface area contributed by atoms with Crippen molar-refractivity contribution < 1.29 is 23.8 Å². The van der Waals surface area contributed by atoms with Gasteiger partial charge in [-0.3, -0.25) is 9.89 Å². The van der Waals surface area contributed by atoms with E-state index < -0.39 is 6.04 Å². The first-order valence-electron chi connectivity index (χ1n) is 12.0. The van der Waals surface area contributed by atoms with Gasteiger partial charge in [-0.2, -0.15) is 5.10 Å². The Bertz CT molecular complexity index is 1440. The number of carbonyl (C=O) groups excluding carboxylic acids is 1. The van der Waals surface area contributed by atoms with E-state index in [1.54, 1.807) is 36.5 Å². The monoisotopic (exact) mass is 521 g/mol. The predicted octanol–water partition coefficient (Wildman–Crippen LogP) is 6.13. The van der Waals surface area contributed by atoms with Gasteiger partial charge in [0.2, 0.25) is 0 Å². The van der Waals surface area contributed by atoms with Gasteiger partial charge >= 0.3 is 0 Å². The normalized spacial score (nSPS) is 14.9. The zero-order valence-corrected chi connectivity index (χ0v) is 21.8. The van der Waals surface area contributed by atoms with Gasteiger partial charge in [0, 0.05) is 16.1 Å². The van der Waals surface area contributed by atoms with Gasteiger partial charge in [0.1, 0.15) is 22.9 Å². The average Bonchev–Trinajstić information content (AvgIpc) is 3.59. The first kappa shape index (κ1) is 24.8. The lowest BCUT2D eigenvalue weighted by molar-refractivity contribution is 0.0716. The number of aromatic amines is 1. The molecule has 0 bridgehead atoms. The Morgan fingerprint density at radius 2 is 2.03 bits per heavy atom. The Hall–Kier alpha value is -3.91. The zero-order chi connectivity index (χ0) is 26.3. The van der Waals surface area contributed by atoms with Gasteiger partial charge in [0.25, 0.3) is 5.91 Å². The quantitative estimate of drug-likeness (QED) is 0.289. The van der Waals surface area contributed by atoms with Crippen LogP contribution in [0.2, 0.25) is 5.02 Å². The van der Waals surface area contributed by atoms with Crippen molar-refractivity contribution in [2.24, 2.45) is 5.92 Å². The van der Waals surface area contributed by atoms with E-state index >= 15 is 0 Å². The molecule has 0 saturated heterocycles. The Morgan fingerprint density at radius 3 is 2.73 bits per heavy atom.